The van der Waals surface area contributed by atoms with Gasteiger partial charge in [0.05, 0.1) is 5.25 Å². The van der Waals surface area contributed by atoms with Gasteiger partial charge in [0.1, 0.15) is 5.75 Å². The smallest absolute Gasteiger partial charge is 0.239 e. The number of carbonyl (C=O) groups is 1. The Morgan fingerprint density at radius 1 is 1.24 bits per heavy atom. The molecule has 1 aliphatic rings. The van der Waals surface area contributed by atoms with E-state index in [9.17, 15) is 13.2 Å². The topological polar surface area (TPSA) is 66.5 Å². The lowest BCUT2D eigenvalue weighted by Crippen LogP contribution is -2.28. The lowest BCUT2D eigenvalue weighted by atomic mass is 10.0. The van der Waals surface area contributed by atoms with Gasteiger partial charge in [-0.25, -0.2) is 8.42 Å². The summed E-state index contributed by atoms with van der Waals surface area (Å²) in [5.74, 6) is 0.536. The van der Waals surface area contributed by atoms with E-state index in [1.165, 1.54) is 0 Å². The van der Waals surface area contributed by atoms with Gasteiger partial charge < -0.3 is 10.2 Å². The zero-order valence-corrected chi connectivity index (χ0v) is 16.5. The average molecular weight is 367 g/mol. The molecule has 1 amide bonds. The van der Waals surface area contributed by atoms with Crippen molar-refractivity contribution in [1.82, 2.24) is 4.90 Å². The number of hydrogen-bond acceptors (Lipinski definition) is 4. The van der Waals surface area contributed by atoms with E-state index in [-0.39, 0.29) is 0 Å². The first-order valence-electron chi connectivity index (χ1n) is 9.00. The van der Waals surface area contributed by atoms with Gasteiger partial charge >= 0.3 is 0 Å². The van der Waals surface area contributed by atoms with Crippen LogP contribution < -0.4 is 5.32 Å². The van der Waals surface area contributed by atoms with E-state index in [4.69, 9.17) is 0 Å². The maximum absolute atomic E-state index is 12.0. The molecule has 1 aromatic carbocycles. The predicted octanol–water partition coefficient (Wildman–Crippen LogP) is 2.58. The van der Waals surface area contributed by atoms with Crippen LogP contribution >= 0.6 is 0 Å². The van der Waals surface area contributed by atoms with E-state index in [1.807, 2.05) is 18.2 Å². The number of likely N-dealkylation sites (tertiary alicyclic amines) is 1. The molecule has 1 N–H and O–H groups in total. The van der Waals surface area contributed by atoms with E-state index in [2.05, 4.69) is 24.1 Å². The number of nitrogens with zero attached hydrogens (tertiary/aromatic N) is 1. The molecule has 25 heavy (non-hydrogen) atoms. The van der Waals surface area contributed by atoms with Crippen molar-refractivity contribution in [3.63, 3.8) is 0 Å². The SMILES string of the molecule is CC1CN(CCc2cccc(NC(=O)CS(=O)(=O)C(C)C)c2)CC1C. The maximum atomic E-state index is 12.0. The summed E-state index contributed by atoms with van der Waals surface area (Å²) in [7, 11) is -3.38. The fourth-order valence-electron chi connectivity index (χ4n) is 3.07. The van der Waals surface area contributed by atoms with E-state index < -0.39 is 26.7 Å². The Labute approximate surface area is 151 Å². The second kappa shape index (κ2) is 8.32. The van der Waals surface area contributed by atoms with Crippen LogP contribution in [-0.2, 0) is 21.1 Å². The number of nitrogens with one attached hydrogen (secondary N) is 1. The fraction of sp³-hybridized carbons (Fsp3) is 0.632. The minimum Gasteiger partial charge on any atom is -0.325 e. The lowest BCUT2D eigenvalue weighted by Gasteiger charge is -2.15. The minimum absolute atomic E-state index is 0.474. The molecule has 2 unspecified atom stereocenters. The number of anilines is 1. The summed E-state index contributed by atoms with van der Waals surface area (Å²) in [6.45, 7) is 11.1. The highest BCUT2D eigenvalue weighted by atomic mass is 32.2. The first kappa shape index (κ1) is 19.9. The van der Waals surface area contributed by atoms with Gasteiger partial charge in [-0.05, 0) is 49.8 Å². The highest BCUT2D eigenvalue weighted by Crippen LogP contribution is 2.22. The summed E-state index contributed by atoms with van der Waals surface area (Å²) < 4.78 is 23.7. The van der Waals surface area contributed by atoms with Gasteiger partial charge in [0.15, 0.2) is 9.84 Å². The van der Waals surface area contributed by atoms with E-state index in [1.54, 1.807) is 19.9 Å². The molecule has 1 heterocycles. The number of amides is 1. The molecule has 6 heteroatoms. The monoisotopic (exact) mass is 366 g/mol. The van der Waals surface area contributed by atoms with Crippen molar-refractivity contribution in [1.29, 1.82) is 0 Å². The van der Waals surface area contributed by atoms with Crippen LogP contribution in [0.2, 0.25) is 0 Å². The Kier molecular flexibility index (Phi) is 6.63. The van der Waals surface area contributed by atoms with E-state index >= 15 is 0 Å². The van der Waals surface area contributed by atoms with Crippen molar-refractivity contribution in [2.45, 2.75) is 39.4 Å². The molecular weight excluding hydrogens is 336 g/mol. The van der Waals surface area contributed by atoms with Crippen molar-refractivity contribution in [2.24, 2.45) is 11.8 Å². The van der Waals surface area contributed by atoms with Crippen LogP contribution in [0.25, 0.3) is 0 Å². The van der Waals surface area contributed by atoms with Gasteiger partial charge in [0.2, 0.25) is 5.91 Å². The number of benzene rings is 1. The quantitative estimate of drug-likeness (QED) is 0.805. The molecule has 1 fully saturated rings. The molecule has 1 saturated heterocycles. The summed E-state index contributed by atoms with van der Waals surface area (Å²) in [5.41, 5.74) is 1.81. The highest BCUT2D eigenvalue weighted by molar-refractivity contribution is 7.92. The number of hydrogen-bond donors (Lipinski definition) is 1. The third kappa shape index (κ3) is 5.82. The Hall–Kier alpha value is -1.40. The summed E-state index contributed by atoms with van der Waals surface area (Å²) in [5, 5.41) is 2.16. The van der Waals surface area contributed by atoms with Crippen LogP contribution in [0.1, 0.15) is 33.3 Å². The van der Waals surface area contributed by atoms with Crippen molar-refractivity contribution in [3.8, 4) is 0 Å². The standard InChI is InChI=1S/C19H30N2O3S/c1-14(2)25(23,24)13-19(22)20-18-7-5-6-17(10-18)8-9-21-11-15(3)16(4)12-21/h5-7,10,14-16H,8-9,11-13H2,1-4H3,(H,20,22). The second-order valence-corrected chi connectivity index (χ2v) is 10.1. The zero-order valence-electron chi connectivity index (χ0n) is 15.7. The molecule has 0 saturated carbocycles. The van der Waals surface area contributed by atoms with Crippen LogP contribution in [0.15, 0.2) is 24.3 Å². The van der Waals surface area contributed by atoms with Crippen LogP contribution in [-0.4, -0.2) is 49.9 Å². The van der Waals surface area contributed by atoms with Gasteiger partial charge in [-0.3, -0.25) is 4.79 Å². The first-order chi connectivity index (χ1) is 11.7. The lowest BCUT2D eigenvalue weighted by molar-refractivity contribution is -0.113. The van der Waals surface area contributed by atoms with Crippen molar-refractivity contribution in [3.05, 3.63) is 29.8 Å². The Bertz CT molecular complexity index is 690. The van der Waals surface area contributed by atoms with Crippen molar-refractivity contribution in [2.75, 3.05) is 30.7 Å². The van der Waals surface area contributed by atoms with Crippen LogP contribution in [0.3, 0.4) is 0 Å². The van der Waals surface area contributed by atoms with E-state index in [0.29, 0.717) is 5.69 Å². The molecule has 0 bridgehead atoms. The van der Waals surface area contributed by atoms with E-state index in [0.717, 1.165) is 43.5 Å². The van der Waals surface area contributed by atoms with Gasteiger partial charge in [-0.15, -0.1) is 0 Å². The molecule has 2 atom stereocenters. The summed E-state index contributed by atoms with van der Waals surface area (Å²) in [6.07, 6.45) is 0.924. The second-order valence-electron chi connectivity index (χ2n) is 7.57. The van der Waals surface area contributed by atoms with Crippen LogP contribution in [0, 0.1) is 11.8 Å². The normalized spacial score (nSPS) is 21.6. The van der Waals surface area contributed by atoms with Crippen molar-refractivity contribution < 1.29 is 13.2 Å². The summed E-state index contributed by atoms with van der Waals surface area (Å²) in [6, 6.07) is 7.67. The van der Waals surface area contributed by atoms with Crippen LogP contribution in [0.4, 0.5) is 5.69 Å². The molecule has 1 aromatic rings. The highest BCUT2D eigenvalue weighted by Gasteiger charge is 2.25. The molecule has 0 aliphatic carbocycles. The summed E-state index contributed by atoms with van der Waals surface area (Å²) >= 11 is 0. The first-order valence-corrected chi connectivity index (χ1v) is 10.7. The van der Waals surface area contributed by atoms with Gasteiger partial charge in [0.25, 0.3) is 0 Å². The number of rotatable bonds is 7. The van der Waals surface area contributed by atoms with Crippen molar-refractivity contribution >= 4 is 21.4 Å². The zero-order chi connectivity index (χ0) is 18.6. The maximum Gasteiger partial charge on any atom is 0.239 e. The molecule has 5 nitrogen and oxygen atoms in total. The number of sulfone groups is 1. The third-order valence-electron chi connectivity index (χ3n) is 5.04. The minimum atomic E-state index is -3.38. The van der Waals surface area contributed by atoms with Gasteiger partial charge in [0, 0.05) is 25.3 Å². The average Bonchev–Trinajstić information content (AvgIpc) is 2.83. The molecule has 2 rings (SSSR count). The van der Waals surface area contributed by atoms with Crippen LogP contribution in [0.5, 0.6) is 0 Å². The molecular formula is C19H30N2O3S. The molecule has 1 aliphatic heterocycles. The molecule has 0 radical (unpaired) electrons. The third-order valence-corrected chi connectivity index (χ3v) is 7.14. The predicted molar refractivity (Wildman–Crippen MR) is 102 cm³/mol. The molecule has 0 spiro atoms. The Balaban J connectivity index is 1.89. The molecule has 140 valence electrons. The number of carbonyl (C=O) groups excluding carboxylic acids is 1. The Morgan fingerprint density at radius 3 is 2.48 bits per heavy atom. The van der Waals surface area contributed by atoms with Gasteiger partial charge in [-0.1, -0.05) is 26.0 Å². The van der Waals surface area contributed by atoms with Gasteiger partial charge in [-0.2, -0.15) is 0 Å². The Morgan fingerprint density at radius 2 is 1.88 bits per heavy atom. The summed E-state index contributed by atoms with van der Waals surface area (Å²) in [4.78, 5) is 14.5. The molecule has 0 aromatic heterocycles. The fourth-order valence-corrected chi connectivity index (χ4v) is 3.84. The largest absolute Gasteiger partial charge is 0.325 e.